The maximum absolute atomic E-state index is 12.6. The van der Waals surface area contributed by atoms with E-state index in [-0.39, 0.29) is 0 Å². The van der Waals surface area contributed by atoms with Crippen LogP contribution in [0.15, 0.2) is 24.3 Å². The lowest BCUT2D eigenvalue weighted by molar-refractivity contribution is -0.132. The van der Waals surface area contributed by atoms with Gasteiger partial charge in [-0.25, -0.2) is 0 Å². The van der Waals surface area contributed by atoms with Gasteiger partial charge in [0.25, 0.3) is 0 Å². The molecule has 0 rings (SSSR count). The van der Waals surface area contributed by atoms with Gasteiger partial charge >= 0.3 is 0 Å². The molecule has 0 radical (unpaired) electrons. The summed E-state index contributed by atoms with van der Waals surface area (Å²) in [6.07, 6.45) is 75.8. The van der Waals surface area contributed by atoms with Crippen molar-refractivity contribution in [2.24, 2.45) is 0 Å². The Morgan fingerprint density at radius 2 is 0.583 bits per heavy atom. The van der Waals surface area contributed by atoms with E-state index in [1.54, 1.807) is 0 Å². The molecule has 0 aromatic heterocycles. The lowest BCUT2D eigenvalue weighted by Crippen LogP contribution is -2.53. The highest BCUT2D eigenvalue weighted by molar-refractivity contribution is 5.80. The summed E-state index contributed by atoms with van der Waals surface area (Å²) in [7, 11) is 0. The quantitative estimate of drug-likeness (QED) is 0.0308. The summed E-state index contributed by atoms with van der Waals surface area (Å²) < 4.78 is 0. The summed E-state index contributed by atoms with van der Waals surface area (Å²) >= 11 is 0. The van der Waals surface area contributed by atoms with Crippen molar-refractivity contribution in [3.63, 3.8) is 0 Å². The van der Waals surface area contributed by atoms with Crippen LogP contribution in [0.5, 0.6) is 0 Å². The maximum Gasteiger partial charge on any atom is 0.249 e. The number of allylic oxidation sites excluding steroid dienone is 4. The molecular formula is C66H129NO5. The number of amides is 1. The number of rotatable bonds is 61. The molecule has 6 heteroatoms. The molecule has 1 amide bonds. The van der Waals surface area contributed by atoms with Gasteiger partial charge in [0, 0.05) is 0 Å². The molecule has 0 bridgehead atoms. The van der Waals surface area contributed by atoms with Crippen LogP contribution < -0.4 is 5.32 Å². The number of aliphatic hydroxyl groups excluding tert-OH is 4. The van der Waals surface area contributed by atoms with Crippen LogP contribution in [0.3, 0.4) is 0 Å². The molecule has 0 heterocycles. The smallest absolute Gasteiger partial charge is 0.249 e. The van der Waals surface area contributed by atoms with E-state index in [1.165, 1.54) is 289 Å². The third-order valence-electron chi connectivity index (χ3n) is 15.6. The van der Waals surface area contributed by atoms with E-state index in [4.69, 9.17) is 0 Å². The third-order valence-corrected chi connectivity index (χ3v) is 15.6. The summed E-state index contributed by atoms with van der Waals surface area (Å²) in [6.45, 7) is 4.09. The molecule has 0 saturated heterocycles. The molecule has 0 aromatic rings. The van der Waals surface area contributed by atoms with Crippen LogP contribution in [0.4, 0.5) is 0 Å². The summed E-state index contributed by atoms with van der Waals surface area (Å²) in [5, 5.41) is 44.1. The molecule has 4 unspecified atom stereocenters. The highest BCUT2D eigenvalue weighted by Crippen LogP contribution is 2.19. The first-order valence-electron chi connectivity index (χ1n) is 32.7. The molecule has 428 valence electrons. The molecule has 4 atom stereocenters. The maximum atomic E-state index is 12.6. The third kappa shape index (κ3) is 53.6. The Labute approximate surface area is 450 Å². The van der Waals surface area contributed by atoms with Crippen molar-refractivity contribution < 1.29 is 25.2 Å². The van der Waals surface area contributed by atoms with Gasteiger partial charge in [0.15, 0.2) is 0 Å². The molecule has 0 aliphatic heterocycles. The average Bonchev–Trinajstić information content (AvgIpc) is 3.39. The minimum absolute atomic E-state index is 0.365. The second kappa shape index (κ2) is 60.7. The van der Waals surface area contributed by atoms with Crippen LogP contribution in [-0.4, -0.2) is 57.3 Å². The molecule has 0 saturated carbocycles. The highest BCUT2D eigenvalue weighted by atomic mass is 16.3. The van der Waals surface area contributed by atoms with Crippen molar-refractivity contribution in [3.8, 4) is 0 Å². The van der Waals surface area contributed by atoms with Crippen molar-refractivity contribution in [2.45, 2.75) is 385 Å². The highest BCUT2D eigenvalue weighted by Gasteiger charge is 2.28. The van der Waals surface area contributed by atoms with Crippen molar-refractivity contribution in [2.75, 3.05) is 6.61 Å². The van der Waals surface area contributed by atoms with E-state index in [1.807, 2.05) is 0 Å². The van der Waals surface area contributed by atoms with Crippen molar-refractivity contribution in [1.82, 2.24) is 5.32 Å². The first kappa shape index (κ1) is 70.8. The number of carbonyl (C=O) groups excluding carboxylic acids is 1. The van der Waals surface area contributed by atoms with Crippen LogP contribution in [0.25, 0.3) is 0 Å². The van der Waals surface area contributed by atoms with Crippen molar-refractivity contribution in [3.05, 3.63) is 24.3 Å². The number of carbonyl (C=O) groups is 1. The zero-order valence-electron chi connectivity index (χ0n) is 48.7. The Bertz CT molecular complexity index is 1100. The summed E-state index contributed by atoms with van der Waals surface area (Å²) in [4.78, 5) is 12.6. The normalized spacial score (nSPS) is 13.7. The molecular weight excluding hydrogens is 887 g/mol. The number of hydrogen-bond acceptors (Lipinski definition) is 5. The van der Waals surface area contributed by atoms with E-state index in [9.17, 15) is 25.2 Å². The van der Waals surface area contributed by atoms with E-state index >= 15 is 0 Å². The van der Waals surface area contributed by atoms with Crippen LogP contribution in [-0.2, 0) is 4.79 Å². The zero-order chi connectivity index (χ0) is 52.3. The summed E-state index contributed by atoms with van der Waals surface area (Å²) in [6, 6.07) is -1.01. The summed E-state index contributed by atoms with van der Waals surface area (Å²) in [5.74, 6) is -0.590. The summed E-state index contributed by atoms with van der Waals surface area (Å²) in [5.41, 5.74) is 0. The van der Waals surface area contributed by atoms with E-state index in [0.717, 1.165) is 38.5 Å². The fraction of sp³-hybridized carbons (Fsp3) is 0.924. The molecule has 5 N–H and O–H groups in total. The Morgan fingerprint density at radius 3 is 0.875 bits per heavy atom. The predicted octanol–water partition coefficient (Wildman–Crippen LogP) is 19.8. The molecule has 0 aromatic carbocycles. The molecule has 0 aliphatic carbocycles. The SMILES string of the molecule is CCCCCCCCCCCCCCCCCCCC/C=C/CC/C=C/CCCC(O)C(O)C(CO)NC(=O)C(O)CCCCCCCCCCCCCCCCCCCCCCCCCCCCCCC. The Kier molecular flexibility index (Phi) is 59.6. The molecule has 0 spiro atoms. The van der Waals surface area contributed by atoms with E-state index in [2.05, 4.69) is 43.5 Å². The predicted molar refractivity (Wildman–Crippen MR) is 316 cm³/mol. The molecule has 6 nitrogen and oxygen atoms in total. The van der Waals surface area contributed by atoms with Gasteiger partial charge in [0.2, 0.25) is 5.91 Å². The van der Waals surface area contributed by atoms with Gasteiger partial charge < -0.3 is 25.7 Å². The van der Waals surface area contributed by atoms with Gasteiger partial charge in [-0.1, -0.05) is 334 Å². The van der Waals surface area contributed by atoms with Crippen LogP contribution in [0, 0.1) is 0 Å². The van der Waals surface area contributed by atoms with Gasteiger partial charge in [0.05, 0.1) is 18.8 Å². The minimum atomic E-state index is -1.29. The number of hydrogen-bond donors (Lipinski definition) is 5. The van der Waals surface area contributed by atoms with Gasteiger partial charge in [0.1, 0.15) is 12.2 Å². The number of unbranched alkanes of at least 4 members (excludes halogenated alkanes) is 48. The van der Waals surface area contributed by atoms with Crippen molar-refractivity contribution in [1.29, 1.82) is 0 Å². The fourth-order valence-corrected chi connectivity index (χ4v) is 10.5. The minimum Gasteiger partial charge on any atom is -0.394 e. The Hall–Kier alpha value is -1.21. The van der Waals surface area contributed by atoms with Gasteiger partial charge in [-0.3, -0.25) is 4.79 Å². The largest absolute Gasteiger partial charge is 0.394 e. The fourth-order valence-electron chi connectivity index (χ4n) is 10.5. The Balaban J connectivity index is 3.60. The Morgan fingerprint density at radius 1 is 0.333 bits per heavy atom. The number of nitrogens with one attached hydrogen (secondary N) is 1. The monoisotopic (exact) mass is 1020 g/mol. The standard InChI is InChI=1S/C66H129NO5/c1-3-5-7-9-11-13-15-17-19-21-23-25-27-29-31-32-34-36-38-40-42-44-46-48-50-52-54-56-58-60-64(70)66(72)67-62(61-68)65(71)63(69)59-57-55-53-51-49-47-45-43-41-39-37-35-33-30-28-26-24-22-20-18-16-14-12-10-8-6-4-2/h43,45,51,53,62-65,68-71H,3-42,44,46-50,52,54-61H2,1-2H3,(H,67,72)/b45-43+,53-51+. The van der Waals surface area contributed by atoms with Crippen LogP contribution in [0.2, 0.25) is 0 Å². The lowest BCUT2D eigenvalue weighted by atomic mass is 10.00. The number of aliphatic hydroxyl groups is 4. The van der Waals surface area contributed by atoms with Crippen molar-refractivity contribution >= 4 is 5.91 Å². The lowest BCUT2D eigenvalue weighted by Gasteiger charge is -2.27. The van der Waals surface area contributed by atoms with Gasteiger partial charge in [-0.05, 0) is 51.4 Å². The first-order valence-corrected chi connectivity index (χ1v) is 32.7. The molecule has 0 fully saturated rings. The topological polar surface area (TPSA) is 110 Å². The van der Waals surface area contributed by atoms with E-state index < -0.39 is 36.9 Å². The average molecular weight is 1020 g/mol. The zero-order valence-corrected chi connectivity index (χ0v) is 48.7. The first-order chi connectivity index (χ1) is 35.5. The molecule has 72 heavy (non-hydrogen) atoms. The van der Waals surface area contributed by atoms with Gasteiger partial charge in [-0.2, -0.15) is 0 Å². The second-order valence-electron chi connectivity index (χ2n) is 22.8. The van der Waals surface area contributed by atoms with Gasteiger partial charge in [-0.15, -0.1) is 0 Å². The van der Waals surface area contributed by atoms with Crippen LogP contribution >= 0.6 is 0 Å². The van der Waals surface area contributed by atoms with E-state index in [0.29, 0.717) is 19.3 Å². The molecule has 0 aliphatic rings. The second-order valence-corrected chi connectivity index (χ2v) is 22.8. The van der Waals surface area contributed by atoms with Crippen LogP contribution in [0.1, 0.15) is 361 Å².